The molecule has 1 aliphatic rings. The summed E-state index contributed by atoms with van der Waals surface area (Å²) in [5.41, 5.74) is 0.714. The number of hydrogen-bond donors (Lipinski definition) is 1. The molecule has 0 radical (unpaired) electrons. The molecular weight excluding hydrogens is 304 g/mol. The Balaban J connectivity index is 2.05. The minimum atomic E-state index is -0.268. The molecule has 1 unspecified atom stereocenters. The van der Waals surface area contributed by atoms with E-state index in [0.29, 0.717) is 18.1 Å². The van der Waals surface area contributed by atoms with Crippen LogP contribution in [0.25, 0.3) is 0 Å². The largest absolute Gasteiger partial charge is 0.316 e. The number of nitrogens with zero attached hydrogens (tertiary/aromatic N) is 1. The molecule has 0 amide bonds. The highest BCUT2D eigenvalue weighted by atomic mass is 79.9. The van der Waals surface area contributed by atoms with Gasteiger partial charge in [-0.15, -0.1) is 0 Å². The third kappa shape index (κ3) is 3.63. The average molecular weight is 325 g/mol. The van der Waals surface area contributed by atoms with Crippen LogP contribution in [0.4, 0.5) is 0 Å². The van der Waals surface area contributed by atoms with Crippen molar-refractivity contribution in [3.05, 3.63) is 28.5 Å². The zero-order valence-corrected chi connectivity index (χ0v) is 13.2. The van der Waals surface area contributed by atoms with Gasteiger partial charge in [0.05, 0.1) is 0 Å². The number of carbonyl (C=O) groups excluding carboxylic acids is 1. The normalized spacial score (nSPS) is 20.3. The first-order valence-electron chi connectivity index (χ1n) is 6.83. The molecule has 2 rings (SSSR count). The molecule has 0 saturated carbocycles. The summed E-state index contributed by atoms with van der Waals surface area (Å²) >= 11 is 3.40. The van der Waals surface area contributed by atoms with Gasteiger partial charge >= 0.3 is 0 Å². The van der Waals surface area contributed by atoms with Gasteiger partial charge in [-0.2, -0.15) is 0 Å². The number of rotatable bonds is 4. The number of nitrogens with one attached hydrogen (secondary N) is 1. The van der Waals surface area contributed by atoms with E-state index in [2.05, 4.69) is 40.1 Å². The summed E-state index contributed by atoms with van der Waals surface area (Å²) in [6.45, 7) is 6.20. The van der Waals surface area contributed by atoms with Gasteiger partial charge in [-0.25, -0.2) is 0 Å². The molecule has 19 heavy (non-hydrogen) atoms. The van der Waals surface area contributed by atoms with Gasteiger partial charge < -0.3 is 5.32 Å². The number of aromatic nitrogens is 1. The second-order valence-electron chi connectivity index (χ2n) is 5.88. The summed E-state index contributed by atoms with van der Waals surface area (Å²) in [4.78, 5) is 16.7. The predicted octanol–water partition coefficient (Wildman–Crippen LogP) is 2.98. The fourth-order valence-corrected chi connectivity index (χ4v) is 3.07. The van der Waals surface area contributed by atoms with E-state index in [0.717, 1.165) is 29.5 Å². The van der Waals surface area contributed by atoms with Gasteiger partial charge in [-0.3, -0.25) is 9.78 Å². The number of halogens is 1. The molecule has 1 aromatic heterocycles. The first kappa shape index (κ1) is 14.7. The summed E-state index contributed by atoms with van der Waals surface area (Å²) in [6, 6.07) is 1.97. The zero-order valence-electron chi connectivity index (χ0n) is 11.6. The molecule has 4 heteroatoms. The van der Waals surface area contributed by atoms with Crippen molar-refractivity contribution in [2.75, 3.05) is 13.1 Å². The number of piperidine rings is 1. The van der Waals surface area contributed by atoms with Crippen molar-refractivity contribution in [3.63, 3.8) is 0 Å². The van der Waals surface area contributed by atoms with Crippen molar-refractivity contribution in [2.24, 2.45) is 11.3 Å². The van der Waals surface area contributed by atoms with Gasteiger partial charge in [0.25, 0.3) is 0 Å². The van der Waals surface area contributed by atoms with E-state index in [-0.39, 0.29) is 5.41 Å². The first-order valence-corrected chi connectivity index (χ1v) is 7.63. The van der Waals surface area contributed by atoms with E-state index in [1.165, 1.54) is 6.42 Å². The Morgan fingerprint density at radius 3 is 2.95 bits per heavy atom. The smallest absolute Gasteiger partial charge is 0.143 e. The molecule has 1 atom stereocenters. The second-order valence-corrected chi connectivity index (χ2v) is 6.79. The van der Waals surface area contributed by atoms with Crippen LogP contribution in [0.15, 0.2) is 22.9 Å². The summed E-state index contributed by atoms with van der Waals surface area (Å²) in [5.74, 6) is 0.745. The van der Waals surface area contributed by atoms with Gasteiger partial charge in [-0.05, 0) is 59.4 Å². The molecule has 1 fully saturated rings. The summed E-state index contributed by atoms with van der Waals surface area (Å²) in [5, 5.41) is 3.40. The topological polar surface area (TPSA) is 42.0 Å². The standard InChI is InChI=1S/C15H21BrN2O/c1-15(2,12-4-3-5-17-9-12)14(19)7-11-6-13(16)10-18-8-11/h6,8,10,12,17H,3-5,7,9H2,1-2H3. The molecule has 0 aromatic carbocycles. The van der Waals surface area contributed by atoms with Crippen LogP contribution in [0.5, 0.6) is 0 Å². The van der Waals surface area contributed by atoms with E-state index in [1.54, 1.807) is 12.4 Å². The van der Waals surface area contributed by atoms with Crippen LogP contribution < -0.4 is 5.32 Å². The average Bonchev–Trinajstić information content (AvgIpc) is 2.39. The lowest BCUT2D eigenvalue weighted by Gasteiger charge is -2.36. The zero-order chi connectivity index (χ0) is 13.9. The first-order chi connectivity index (χ1) is 9.00. The maximum atomic E-state index is 12.6. The molecule has 0 bridgehead atoms. The highest BCUT2D eigenvalue weighted by Gasteiger charge is 2.36. The molecule has 0 aliphatic carbocycles. The fraction of sp³-hybridized carbons (Fsp3) is 0.600. The highest BCUT2D eigenvalue weighted by molar-refractivity contribution is 9.10. The van der Waals surface area contributed by atoms with Crippen LogP contribution in [0, 0.1) is 11.3 Å². The molecule has 1 aromatic rings. The molecule has 0 spiro atoms. The SMILES string of the molecule is CC(C)(C(=O)Cc1cncc(Br)c1)C1CCCNC1. The summed E-state index contributed by atoms with van der Waals surface area (Å²) < 4.78 is 0.926. The minimum Gasteiger partial charge on any atom is -0.316 e. The Bertz CT molecular complexity index is 453. The molecule has 2 heterocycles. The third-order valence-electron chi connectivity index (χ3n) is 4.16. The van der Waals surface area contributed by atoms with Crippen molar-refractivity contribution in [1.82, 2.24) is 10.3 Å². The monoisotopic (exact) mass is 324 g/mol. The molecular formula is C15H21BrN2O. The Labute approximate surface area is 123 Å². The lowest BCUT2D eigenvalue weighted by molar-refractivity contribution is -0.129. The van der Waals surface area contributed by atoms with Crippen molar-refractivity contribution in [3.8, 4) is 0 Å². The number of pyridine rings is 1. The van der Waals surface area contributed by atoms with Crippen LogP contribution in [-0.2, 0) is 11.2 Å². The van der Waals surface area contributed by atoms with Gasteiger partial charge in [0, 0.05) is 28.7 Å². The van der Waals surface area contributed by atoms with Gasteiger partial charge in [0.2, 0.25) is 0 Å². The number of hydrogen-bond acceptors (Lipinski definition) is 3. The Hall–Kier alpha value is -0.740. The lowest BCUT2D eigenvalue weighted by Crippen LogP contribution is -2.43. The summed E-state index contributed by atoms with van der Waals surface area (Å²) in [7, 11) is 0. The Morgan fingerprint density at radius 2 is 2.32 bits per heavy atom. The lowest BCUT2D eigenvalue weighted by atomic mass is 9.71. The van der Waals surface area contributed by atoms with E-state index >= 15 is 0 Å². The van der Waals surface area contributed by atoms with Crippen molar-refractivity contribution in [1.29, 1.82) is 0 Å². The van der Waals surface area contributed by atoms with E-state index in [1.807, 2.05) is 6.07 Å². The number of carbonyl (C=O) groups is 1. The van der Waals surface area contributed by atoms with E-state index in [9.17, 15) is 4.79 Å². The number of Topliss-reactive ketones (excluding diaryl/α,β-unsaturated/α-hetero) is 1. The quantitative estimate of drug-likeness (QED) is 0.925. The van der Waals surface area contributed by atoms with Gasteiger partial charge in [-0.1, -0.05) is 13.8 Å². The molecule has 1 N–H and O–H groups in total. The predicted molar refractivity (Wildman–Crippen MR) is 80.0 cm³/mol. The highest BCUT2D eigenvalue weighted by Crippen LogP contribution is 2.33. The van der Waals surface area contributed by atoms with Crippen LogP contribution in [0.3, 0.4) is 0 Å². The van der Waals surface area contributed by atoms with Crippen molar-refractivity contribution < 1.29 is 4.79 Å². The number of ketones is 1. The summed E-state index contributed by atoms with van der Waals surface area (Å²) in [6.07, 6.45) is 6.29. The van der Waals surface area contributed by atoms with Gasteiger partial charge in [0.1, 0.15) is 5.78 Å². The maximum absolute atomic E-state index is 12.6. The maximum Gasteiger partial charge on any atom is 0.143 e. The molecule has 3 nitrogen and oxygen atoms in total. The van der Waals surface area contributed by atoms with Crippen molar-refractivity contribution in [2.45, 2.75) is 33.1 Å². The van der Waals surface area contributed by atoms with E-state index < -0.39 is 0 Å². The molecule has 1 aliphatic heterocycles. The second kappa shape index (κ2) is 6.14. The molecule has 104 valence electrons. The van der Waals surface area contributed by atoms with Crippen LogP contribution >= 0.6 is 15.9 Å². The Morgan fingerprint density at radius 1 is 1.53 bits per heavy atom. The Kier molecular flexibility index (Phi) is 4.74. The van der Waals surface area contributed by atoms with Crippen LogP contribution in [0.2, 0.25) is 0 Å². The van der Waals surface area contributed by atoms with Gasteiger partial charge in [0.15, 0.2) is 0 Å². The fourth-order valence-electron chi connectivity index (χ4n) is 2.66. The van der Waals surface area contributed by atoms with Crippen molar-refractivity contribution >= 4 is 21.7 Å². The van der Waals surface area contributed by atoms with E-state index in [4.69, 9.17) is 0 Å². The molecule has 1 saturated heterocycles. The third-order valence-corrected chi connectivity index (χ3v) is 4.60. The van der Waals surface area contributed by atoms with Crippen LogP contribution in [0.1, 0.15) is 32.3 Å². The minimum absolute atomic E-state index is 0.268. The van der Waals surface area contributed by atoms with Crippen LogP contribution in [-0.4, -0.2) is 23.9 Å².